The summed E-state index contributed by atoms with van der Waals surface area (Å²) in [5, 5.41) is 0. The summed E-state index contributed by atoms with van der Waals surface area (Å²) in [5.74, 6) is -1.74. The number of likely N-dealkylation sites (N-methyl/N-ethyl adjacent to an activating group) is 1. The minimum absolute atomic E-state index is 0.0526. The predicted octanol–water partition coefficient (Wildman–Crippen LogP) is 3.27. The van der Waals surface area contributed by atoms with Gasteiger partial charge in [-0.2, -0.15) is 0 Å². The lowest BCUT2D eigenvalue weighted by Crippen LogP contribution is -2.47. The van der Waals surface area contributed by atoms with Gasteiger partial charge in [-0.15, -0.1) is 0 Å². The standard InChI is InChI=1S/C19H20F2N2O2S/c1-12-3-4-18-16(7-12)17-11-22(2)6-5-19(17)23(18)26(24,25)15-9-13(20)8-14(21)10-15/h3-4,7-10,17,19H,5-6,11H2,1-2H3. The first-order valence-electron chi connectivity index (χ1n) is 8.57. The molecule has 138 valence electrons. The smallest absolute Gasteiger partial charge is 0.264 e. The van der Waals surface area contributed by atoms with Crippen LogP contribution >= 0.6 is 0 Å². The average Bonchev–Trinajstić information content (AvgIpc) is 2.87. The Kier molecular flexibility index (Phi) is 4.04. The van der Waals surface area contributed by atoms with Crippen LogP contribution in [0.3, 0.4) is 0 Å². The largest absolute Gasteiger partial charge is 0.306 e. The van der Waals surface area contributed by atoms with Gasteiger partial charge in [0.2, 0.25) is 0 Å². The van der Waals surface area contributed by atoms with Crippen molar-refractivity contribution in [3.63, 3.8) is 0 Å². The van der Waals surface area contributed by atoms with Crippen LogP contribution in [-0.2, 0) is 10.0 Å². The number of piperidine rings is 1. The van der Waals surface area contributed by atoms with Gasteiger partial charge in [-0.3, -0.25) is 4.31 Å². The topological polar surface area (TPSA) is 40.6 Å². The second kappa shape index (κ2) is 6.03. The molecule has 2 aliphatic rings. The third kappa shape index (κ3) is 2.70. The molecule has 2 atom stereocenters. The van der Waals surface area contributed by atoms with Gasteiger partial charge in [0.1, 0.15) is 11.6 Å². The minimum atomic E-state index is -4.06. The van der Waals surface area contributed by atoms with E-state index in [1.54, 1.807) is 6.07 Å². The van der Waals surface area contributed by atoms with Gasteiger partial charge in [-0.05, 0) is 50.7 Å². The quantitative estimate of drug-likeness (QED) is 0.805. The molecule has 0 saturated carbocycles. The highest BCUT2D eigenvalue weighted by Crippen LogP contribution is 2.47. The van der Waals surface area contributed by atoms with Gasteiger partial charge in [0.05, 0.1) is 16.6 Å². The lowest BCUT2D eigenvalue weighted by atomic mass is 9.89. The number of aryl methyl sites for hydroxylation is 1. The molecule has 0 aliphatic carbocycles. The van der Waals surface area contributed by atoms with Crippen LogP contribution in [0.4, 0.5) is 14.5 Å². The molecule has 2 aromatic rings. The van der Waals surface area contributed by atoms with Crippen molar-refractivity contribution in [3.05, 3.63) is 59.2 Å². The van der Waals surface area contributed by atoms with Crippen molar-refractivity contribution in [2.45, 2.75) is 30.2 Å². The van der Waals surface area contributed by atoms with E-state index in [1.807, 2.05) is 26.1 Å². The summed E-state index contributed by atoms with van der Waals surface area (Å²) in [6.07, 6.45) is 0.673. The molecule has 0 spiro atoms. The normalized spacial score (nSPS) is 23.0. The van der Waals surface area contributed by atoms with Crippen LogP contribution < -0.4 is 4.31 Å². The van der Waals surface area contributed by atoms with Crippen LogP contribution in [-0.4, -0.2) is 39.5 Å². The fourth-order valence-corrected chi connectivity index (χ4v) is 5.92. The van der Waals surface area contributed by atoms with E-state index in [0.29, 0.717) is 18.2 Å². The van der Waals surface area contributed by atoms with E-state index in [1.165, 1.54) is 4.31 Å². The lowest BCUT2D eigenvalue weighted by molar-refractivity contribution is 0.237. The van der Waals surface area contributed by atoms with E-state index < -0.39 is 21.7 Å². The molecule has 4 rings (SSSR count). The van der Waals surface area contributed by atoms with Gasteiger partial charge in [0, 0.05) is 18.5 Å². The SMILES string of the molecule is Cc1ccc2c(c1)C1CN(C)CCC1N2S(=O)(=O)c1cc(F)cc(F)c1. The highest BCUT2D eigenvalue weighted by Gasteiger charge is 2.46. The fraction of sp³-hybridized carbons (Fsp3) is 0.368. The Morgan fingerprint density at radius 2 is 1.77 bits per heavy atom. The lowest BCUT2D eigenvalue weighted by Gasteiger charge is -2.36. The molecule has 1 fully saturated rings. The Balaban J connectivity index is 1.87. The van der Waals surface area contributed by atoms with Gasteiger partial charge in [-0.1, -0.05) is 17.7 Å². The molecule has 2 heterocycles. The number of anilines is 1. The monoisotopic (exact) mass is 378 g/mol. The van der Waals surface area contributed by atoms with E-state index in [0.717, 1.165) is 36.3 Å². The second-order valence-corrected chi connectivity index (χ2v) is 9.01. The van der Waals surface area contributed by atoms with Crippen molar-refractivity contribution in [2.24, 2.45) is 0 Å². The second-order valence-electron chi connectivity index (χ2n) is 7.19. The van der Waals surface area contributed by atoms with Gasteiger partial charge in [-0.25, -0.2) is 17.2 Å². The van der Waals surface area contributed by atoms with Crippen molar-refractivity contribution in [2.75, 3.05) is 24.4 Å². The summed E-state index contributed by atoms with van der Waals surface area (Å²) in [7, 11) is -2.04. The number of hydrogen-bond donors (Lipinski definition) is 0. The van der Waals surface area contributed by atoms with E-state index in [-0.39, 0.29) is 16.9 Å². The van der Waals surface area contributed by atoms with Crippen LogP contribution in [0, 0.1) is 18.6 Å². The van der Waals surface area contributed by atoms with Crippen molar-refractivity contribution < 1.29 is 17.2 Å². The molecule has 26 heavy (non-hydrogen) atoms. The Hall–Kier alpha value is -1.99. The van der Waals surface area contributed by atoms with Gasteiger partial charge in [0.25, 0.3) is 10.0 Å². The summed E-state index contributed by atoms with van der Waals surface area (Å²) in [6, 6.07) is 7.90. The predicted molar refractivity (Wildman–Crippen MR) is 95.8 cm³/mol. The third-order valence-corrected chi connectivity index (χ3v) is 7.11. The zero-order valence-electron chi connectivity index (χ0n) is 14.6. The first-order valence-corrected chi connectivity index (χ1v) is 10.0. The molecule has 4 nitrogen and oxygen atoms in total. The summed E-state index contributed by atoms with van der Waals surface area (Å²) in [4.78, 5) is 1.84. The molecule has 2 unspecified atom stereocenters. The molecular weight excluding hydrogens is 358 g/mol. The van der Waals surface area contributed by atoms with E-state index in [2.05, 4.69) is 4.90 Å². The van der Waals surface area contributed by atoms with E-state index >= 15 is 0 Å². The summed E-state index contributed by atoms with van der Waals surface area (Å²) >= 11 is 0. The number of benzene rings is 2. The van der Waals surface area contributed by atoms with Gasteiger partial charge < -0.3 is 4.90 Å². The van der Waals surface area contributed by atoms with Crippen molar-refractivity contribution in [1.82, 2.24) is 4.90 Å². The fourth-order valence-electron chi connectivity index (χ4n) is 4.14. The number of fused-ring (bicyclic) bond motifs is 3. The van der Waals surface area contributed by atoms with Crippen LogP contribution in [0.15, 0.2) is 41.3 Å². The molecule has 0 radical (unpaired) electrons. The van der Waals surface area contributed by atoms with Crippen LogP contribution in [0.1, 0.15) is 23.5 Å². The first-order chi connectivity index (χ1) is 12.3. The van der Waals surface area contributed by atoms with E-state index in [9.17, 15) is 17.2 Å². The van der Waals surface area contributed by atoms with Gasteiger partial charge in [0.15, 0.2) is 0 Å². The highest BCUT2D eigenvalue weighted by atomic mass is 32.2. The molecule has 0 amide bonds. The highest BCUT2D eigenvalue weighted by molar-refractivity contribution is 7.92. The number of likely N-dealkylation sites (tertiary alicyclic amines) is 1. The molecule has 0 N–H and O–H groups in total. The molecule has 2 aliphatic heterocycles. The maximum atomic E-state index is 13.6. The molecule has 2 aromatic carbocycles. The number of halogens is 2. The van der Waals surface area contributed by atoms with Crippen LogP contribution in [0.5, 0.6) is 0 Å². The van der Waals surface area contributed by atoms with Gasteiger partial charge >= 0.3 is 0 Å². The number of sulfonamides is 1. The Labute approximate surface area is 152 Å². The van der Waals surface area contributed by atoms with Crippen molar-refractivity contribution in [3.8, 4) is 0 Å². The molecular formula is C19H20F2N2O2S. The molecule has 0 bridgehead atoms. The van der Waals surface area contributed by atoms with Crippen LogP contribution in [0.2, 0.25) is 0 Å². The number of rotatable bonds is 2. The zero-order valence-corrected chi connectivity index (χ0v) is 15.4. The summed E-state index contributed by atoms with van der Waals surface area (Å²) < 4.78 is 55.3. The van der Waals surface area contributed by atoms with Crippen LogP contribution in [0.25, 0.3) is 0 Å². The number of nitrogens with zero attached hydrogens (tertiary/aromatic N) is 2. The summed E-state index contributed by atoms with van der Waals surface area (Å²) in [6.45, 7) is 3.50. The molecule has 0 aromatic heterocycles. The Bertz CT molecular complexity index is 957. The summed E-state index contributed by atoms with van der Waals surface area (Å²) in [5.41, 5.74) is 2.67. The van der Waals surface area contributed by atoms with Crippen molar-refractivity contribution in [1.29, 1.82) is 0 Å². The Morgan fingerprint density at radius 1 is 1.08 bits per heavy atom. The maximum absolute atomic E-state index is 13.6. The average molecular weight is 378 g/mol. The van der Waals surface area contributed by atoms with Crippen molar-refractivity contribution >= 4 is 15.7 Å². The maximum Gasteiger partial charge on any atom is 0.264 e. The molecule has 1 saturated heterocycles. The minimum Gasteiger partial charge on any atom is -0.306 e. The molecule has 7 heteroatoms. The Morgan fingerprint density at radius 3 is 2.46 bits per heavy atom. The van der Waals surface area contributed by atoms with E-state index in [4.69, 9.17) is 0 Å². The first kappa shape index (κ1) is 17.4. The number of hydrogen-bond acceptors (Lipinski definition) is 3. The third-order valence-electron chi connectivity index (χ3n) is 5.29. The zero-order chi connectivity index (χ0) is 18.6.